The smallest absolute Gasteiger partial charge is 0.165 e. The van der Waals surface area contributed by atoms with E-state index in [1.807, 2.05) is 35.2 Å². The zero-order valence-electron chi connectivity index (χ0n) is 14.1. The number of benzene rings is 2. The highest BCUT2D eigenvalue weighted by Gasteiger charge is 2.16. The molecule has 0 unspecified atom stereocenters. The van der Waals surface area contributed by atoms with E-state index in [1.54, 1.807) is 18.2 Å². The van der Waals surface area contributed by atoms with Crippen LogP contribution in [0.2, 0.25) is 0 Å². The molecule has 0 atom stereocenters. The van der Waals surface area contributed by atoms with Gasteiger partial charge in [0, 0.05) is 18.5 Å². The fourth-order valence-electron chi connectivity index (χ4n) is 2.78. The molecule has 3 aromatic rings. The highest BCUT2D eigenvalue weighted by molar-refractivity contribution is 5.91. The van der Waals surface area contributed by atoms with Crippen LogP contribution in [0.1, 0.15) is 12.8 Å². The van der Waals surface area contributed by atoms with E-state index in [0.29, 0.717) is 43.1 Å². The zero-order valence-corrected chi connectivity index (χ0v) is 14.1. The number of hydrogen-bond donors (Lipinski definition) is 1. The Balaban J connectivity index is 2.17. The van der Waals surface area contributed by atoms with Crippen molar-refractivity contribution in [1.82, 2.24) is 9.97 Å². The number of nitrogens with zero attached hydrogens (tertiary/aromatic N) is 5. The van der Waals surface area contributed by atoms with Gasteiger partial charge in [-0.15, -0.1) is 0 Å². The summed E-state index contributed by atoms with van der Waals surface area (Å²) in [6, 6.07) is 18.8. The number of para-hydroxylation sites is 2. The van der Waals surface area contributed by atoms with Crippen LogP contribution in [0.4, 0.5) is 5.82 Å². The molecule has 2 aromatic carbocycles. The Kier molecular flexibility index (Phi) is 5.26. The average Bonchev–Trinajstić information content (AvgIpc) is 2.68. The Morgan fingerprint density at radius 3 is 2.23 bits per heavy atom. The second kappa shape index (κ2) is 7.96. The van der Waals surface area contributed by atoms with Crippen molar-refractivity contribution in [3.63, 3.8) is 0 Å². The van der Waals surface area contributed by atoms with Crippen molar-refractivity contribution in [2.45, 2.75) is 12.8 Å². The van der Waals surface area contributed by atoms with Crippen LogP contribution in [0.25, 0.3) is 22.3 Å². The van der Waals surface area contributed by atoms with Crippen LogP contribution in [0, 0.1) is 22.7 Å². The summed E-state index contributed by atoms with van der Waals surface area (Å²) in [7, 11) is 0. The largest absolute Gasteiger partial charge is 0.507 e. The summed E-state index contributed by atoms with van der Waals surface area (Å²) in [6.45, 7) is 0.943. The van der Waals surface area contributed by atoms with E-state index in [2.05, 4.69) is 22.1 Å². The highest BCUT2D eigenvalue weighted by atomic mass is 16.3. The lowest BCUT2D eigenvalue weighted by atomic mass is 10.1. The maximum absolute atomic E-state index is 10.2. The van der Waals surface area contributed by atoms with Crippen LogP contribution in [0.5, 0.6) is 5.75 Å². The summed E-state index contributed by atoms with van der Waals surface area (Å²) >= 11 is 0. The molecule has 3 rings (SSSR count). The number of nitriles is 2. The summed E-state index contributed by atoms with van der Waals surface area (Å²) < 4.78 is 0. The van der Waals surface area contributed by atoms with Gasteiger partial charge in [0.15, 0.2) is 5.82 Å². The minimum Gasteiger partial charge on any atom is -0.507 e. The van der Waals surface area contributed by atoms with Crippen LogP contribution in [0.3, 0.4) is 0 Å². The third-order valence-electron chi connectivity index (χ3n) is 4.01. The molecule has 0 fully saturated rings. The Hall–Kier alpha value is -3.64. The summed E-state index contributed by atoms with van der Waals surface area (Å²) in [5.74, 6) is 1.18. The van der Waals surface area contributed by atoms with Gasteiger partial charge >= 0.3 is 0 Å². The van der Waals surface area contributed by atoms with E-state index in [-0.39, 0.29) is 5.75 Å². The third kappa shape index (κ3) is 3.55. The minimum atomic E-state index is 0.106. The number of rotatable bonds is 6. The molecule has 0 radical (unpaired) electrons. The molecule has 1 N–H and O–H groups in total. The van der Waals surface area contributed by atoms with Crippen LogP contribution >= 0.6 is 0 Å². The minimum absolute atomic E-state index is 0.106. The van der Waals surface area contributed by atoms with Crippen LogP contribution in [0.15, 0.2) is 48.5 Å². The first-order chi connectivity index (χ1) is 12.7. The molecular weight excluding hydrogens is 326 g/mol. The molecule has 26 heavy (non-hydrogen) atoms. The fraction of sp³-hybridized carbons (Fsp3) is 0.200. The number of phenolic OH excluding ortho intramolecular Hbond substituents is 1. The molecule has 6 heteroatoms. The SMILES string of the molecule is N#CCCN(CCC#N)c1nc(-c2ccccc2O)nc2ccccc12. The Labute approximate surface area is 151 Å². The fourth-order valence-corrected chi connectivity index (χ4v) is 2.78. The van der Waals surface area contributed by atoms with E-state index < -0.39 is 0 Å². The maximum Gasteiger partial charge on any atom is 0.165 e. The lowest BCUT2D eigenvalue weighted by Crippen LogP contribution is -2.26. The first-order valence-corrected chi connectivity index (χ1v) is 8.28. The number of fused-ring (bicyclic) bond motifs is 1. The second-order valence-electron chi connectivity index (χ2n) is 5.71. The van der Waals surface area contributed by atoms with E-state index in [4.69, 9.17) is 10.5 Å². The molecule has 0 bridgehead atoms. The molecule has 0 amide bonds. The van der Waals surface area contributed by atoms with Gasteiger partial charge in [-0.1, -0.05) is 24.3 Å². The molecule has 0 aliphatic rings. The van der Waals surface area contributed by atoms with Gasteiger partial charge in [-0.3, -0.25) is 0 Å². The van der Waals surface area contributed by atoms with Crippen molar-refractivity contribution in [3.05, 3.63) is 48.5 Å². The molecule has 0 saturated carbocycles. The van der Waals surface area contributed by atoms with E-state index >= 15 is 0 Å². The third-order valence-corrected chi connectivity index (χ3v) is 4.01. The predicted molar refractivity (Wildman–Crippen MR) is 99.3 cm³/mol. The van der Waals surface area contributed by atoms with Crippen molar-refractivity contribution >= 4 is 16.7 Å². The zero-order chi connectivity index (χ0) is 18.4. The Morgan fingerprint density at radius 1 is 0.885 bits per heavy atom. The monoisotopic (exact) mass is 343 g/mol. The number of anilines is 1. The summed E-state index contributed by atoms with van der Waals surface area (Å²) in [4.78, 5) is 11.2. The molecule has 0 aliphatic heterocycles. The molecule has 1 aromatic heterocycles. The molecule has 128 valence electrons. The van der Waals surface area contributed by atoms with Gasteiger partial charge < -0.3 is 10.0 Å². The quantitative estimate of drug-likeness (QED) is 0.734. The van der Waals surface area contributed by atoms with Crippen molar-refractivity contribution < 1.29 is 5.11 Å². The molecule has 0 aliphatic carbocycles. The van der Waals surface area contributed by atoms with Gasteiger partial charge in [0.1, 0.15) is 11.6 Å². The predicted octanol–water partition coefficient (Wildman–Crippen LogP) is 3.64. The molecule has 0 saturated heterocycles. The topological polar surface area (TPSA) is 96.8 Å². The summed E-state index contributed by atoms with van der Waals surface area (Å²) in [6.07, 6.45) is 0.658. The molecular formula is C20H17N5O. The van der Waals surface area contributed by atoms with Crippen molar-refractivity contribution in [2.75, 3.05) is 18.0 Å². The Bertz CT molecular complexity index is 985. The van der Waals surface area contributed by atoms with Gasteiger partial charge in [0.05, 0.1) is 36.1 Å². The van der Waals surface area contributed by atoms with Crippen molar-refractivity contribution in [1.29, 1.82) is 10.5 Å². The first-order valence-electron chi connectivity index (χ1n) is 8.28. The summed E-state index contributed by atoms with van der Waals surface area (Å²) in [5.41, 5.74) is 1.29. The number of aromatic nitrogens is 2. The van der Waals surface area contributed by atoms with Gasteiger partial charge in [0.25, 0.3) is 0 Å². The van der Waals surface area contributed by atoms with Gasteiger partial charge in [-0.2, -0.15) is 10.5 Å². The lowest BCUT2D eigenvalue weighted by molar-refractivity contribution is 0.477. The molecule has 0 spiro atoms. The van der Waals surface area contributed by atoms with E-state index in [9.17, 15) is 5.11 Å². The first kappa shape index (κ1) is 17.2. The van der Waals surface area contributed by atoms with Crippen molar-refractivity contribution in [2.24, 2.45) is 0 Å². The summed E-state index contributed by atoms with van der Waals surface area (Å²) in [5, 5.41) is 28.9. The molecule has 6 nitrogen and oxygen atoms in total. The van der Waals surface area contributed by atoms with Crippen LogP contribution in [-0.2, 0) is 0 Å². The Morgan fingerprint density at radius 2 is 1.54 bits per heavy atom. The van der Waals surface area contributed by atoms with Gasteiger partial charge in [0.2, 0.25) is 0 Å². The van der Waals surface area contributed by atoms with Crippen LogP contribution in [-0.4, -0.2) is 28.2 Å². The second-order valence-corrected chi connectivity index (χ2v) is 5.71. The van der Waals surface area contributed by atoms with Crippen molar-refractivity contribution in [3.8, 4) is 29.3 Å². The van der Waals surface area contributed by atoms with E-state index in [0.717, 1.165) is 10.9 Å². The number of phenols is 1. The lowest BCUT2D eigenvalue weighted by Gasteiger charge is -2.23. The maximum atomic E-state index is 10.2. The van der Waals surface area contributed by atoms with Gasteiger partial charge in [-0.05, 0) is 24.3 Å². The standard InChI is InChI=1S/C20H17N5O/c21-11-5-13-25(14-6-12-22)20-15-7-1-3-9-17(15)23-19(24-20)16-8-2-4-10-18(16)26/h1-4,7-10,26H,5-6,13-14H2. The molecule has 1 heterocycles. The number of aromatic hydroxyl groups is 1. The van der Waals surface area contributed by atoms with Gasteiger partial charge in [-0.25, -0.2) is 9.97 Å². The average molecular weight is 343 g/mol. The number of hydrogen-bond acceptors (Lipinski definition) is 6. The highest BCUT2D eigenvalue weighted by Crippen LogP contribution is 2.31. The van der Waals surface area contributed by atoms with Crippen LogP contribution < -0.4 is 4.90 Å². The van der Waals surface area contributed by atoms with E-state index in [1.165, 1.54) is 0 Å². The normalized spacial score (nSPS) is 10.2.